The number of nitrogens with one attached hydrogen (secondary N) is 1. The van der Waals surface area contributed by atoms with E-state index in [1.807, 2.05) is 19.1 Å². The molecule has 0 radical (unpaired) electrons. The first-order chi connectivity index (χ1) is 19.6. The van der Waals surface area contributed by atoms with Gasteiger partial charge in [0.2, 0.25) is 0 Å². The van der Waals surface area contributed by atoms with Gasteiger partial charge in [0.05, 0.1) is 12.6 Å². The molecular weight excluding hydrogens is 492 g/mol. The van der Waals surface area contributed by atoms with Crippen molar-refractivity contribution in [2.24, 2.45) is 0 Å². The summed E-state index contributed by atoms with van der Waals surface area (Å²) in [5, 5.41) is 3.72. The number of nitrogens with zero attached hydrogens (tertiary/aromatic N) is 1. The second kappa shape index (κ2) is 13.3. The van der Waals surface area contributed by atoms with Gasteiger partial charge >= 0.3 is 5.97 Å². The van der Waals surface area contributed by atoms with E-state index >= 15 is 0 Å². The van der Waals surface area contributed by atoms with Crippen LogP contribution >= 0.6 is 0 Å². The molecule has 5 rings (SSSR count). The molecule has 0 saturated carbocycles. The van der Waals surface area contributed by atoms with Gasteiger partial charge in [-0.1, -0.05) is 128 Å². The summed E-state index contributed by atoms with van der Waals surface area (Å²) in [7, 11) is 0. The average molecular weight is 531 g/mol. The SMILES string of the molecule is C=C(CC(c1ccccc1)c1ccccc1)N[C@H]1CC(C(=O)OCC)N(C(c2ccccc2)c2ccccc2)C1. The van der Waals surface area contributed by atoms with Crippen LogP contribution in [0.25, 0.3) is 0 Å². The van der Waals surface area contributed by atoms with Crippen molar-refractivity contribution in [2.45, 2.75) is 43.8 Å². The lowest BCUT2D eigenvalue weighted by Gasteiger charge is -2.32. The van der Waals surface area contributed by atoms with Crippen molar-refractivity contribution in [3.8, 4) is 0 Å². The third kappa shape index (κ3) is 6.52. The largest absolute Gasteiger partial charge is 0.465 e. The van der Waals surface area contributed by atoms with Crippen molar-refractivity contribution in [1.82, 2.24) is 10.2 Å². The first kappa shape index (κ1) is 27.4. The van der Waals surface area contributed by atoms with Gasteiger partial charge < -0.3 is 10.1 Å². The fourth-order valence-corrected chi connectivity index (χ4v) is 5.96. The molecule has 40 heavy (non-hydrogen) atoms. The number of carbonyl (C=O) groups excluding carboxylic acids is 1. The molecule has 0 aromatic heterocycles. The first-order valence-corrected chi connectivity index (χ1v) is 14.2. The molecule has 1 saturated heterocycles. The summed E-state index contributed by atoms with van der Waals surface area (Å²) < 4.78 is 5.58. The molecule has 0 spiro atoms. The summed E-state index contributed by atoms with van der Waals surface area (Å²) in [6, 6.07) is 41.7. The zero-order chi connectivity index (χ0) is 27.7. The van der Waals surface area contributed by atoms with Crippen molar-refractivity contribution in [1.29, 1.82) is 0 Å². The fourth-order valence-electron chi connectivity index (χ4n) is 5.96. The molecule has 4 heteroatoms. The Hall–Kier alpha value is -4.15. The van der Waals surface area contributed by atoms with E-state index in [0.29, 0.717) is 19.6 Å². The molecule has 1 aliphatic heterocycles. The highest BCUT2D eigenvalue weighted by atomic mass is 16.5. The van der Waals surface area contributed by atoms with Crippen LogP contribution in [0.3, 0.4) is 0 Å². The van der Waals surface area contributed by atoms with Crippen molar-refractivity contribution in [3.05, 3.63) is 156 Å². The second-order valence-electron chi connectivity index (χ2n) is 10.4. The number of benzene rings is 4. The van der Waals surface area contributed by atoms with Gasteiger partial charge in [0.15, 0.2) is 0 Å². The maximum absolute atomic E-state index is 13.3. The van der Waals surface area contributed by atoms with Crippen LogP contribution < -0.4 is 5.32 Å². The minimum absolute atomic E-state index is 0.0572. The number of allylic oxidation sites excluding steroid dienone is 1. The molecule has 0 amide bonds. The Morgan fingerprint density at radius 1 is 0.800 bits per heavy atom. The van der Waals surface area contributed by atoms with Crippen LogP contribution in [0.1, 0.15) is 54.0 Å². The Morgan fingerprint density at radius 2 is 1.25 bits per heavy atom. The summed E-state index contributed by atoms with van der Waals surface area (Å²) in [5.74, 6) is 0.0304. The summed E-state index contributed by atoms with van der Waals surface area (Å²) in [4.78, 5) is 15.6. The minimum Gasteiger partial charge on any atom is -0.465 e. The van der Waals surface area contributed by atoms with Crippen LogP contribution in [0.4, 0.5) is 0 Å². The average Bonchev–Trinajstić information content (AvgIpc) is 3.41. The Morgan fingerprint density at radius 3 is 1.70 bits per heavy atom. The quantitative estimate of drug-likeness (QED) is 0.210. The highest BCUT2D eigenvalue weighted by molar-refractivity contribution is 5.76. The van der Waals surface area contributed by atoms with Gasteiger partial charge in [-0.05, 0) is 42.0 Å². The van der Waals surface area contributed by atoms with Gasteiger partial charge in [-0.25, -0.2) is 0 Å². The zero-order valence-electron chi connectivity index (χ0n) is 23.2. The number of rotatable bonds is 11. The predicted molar refractivity (Wildman–Crippen MR) is 162 cm³/mol. The minimum atomic E-state index is -0.352. The molecule has 4 aromatic carbocycles. The molecule has 1 fully saturated rings. The van der Waals surface area contributed by atoms with Crippen molar-refractivity contribution < 1.29 is 9.53 Å². The van der Waals surface area contributed by atoms with E-state index in [-0.39, 0.29) is 30.0 Å². The van der Waals surface area contributed by atoms with Gasteiger partial charge in [-0.15, -0.1) is 0 Å². The summed E-state index contributed by atoms with van der Waals surface area (Å²) in [6.07, 6.45) is 1.44. The first-order valence-electron chi connectivity index (χ1n) is 14.2. The summed E-state index contributed by atoms with van der Waals surface area (Å²) in [5.41, 5.74) is 5.83. The highest BCUT2D eigenvalue weighted by Crippen LogP contribution is 2.36. The molecular formula is C36H38N2O2. The van der Waals surface area contributed by atoms with Crippen molar-refractivity contribution >= 4 is 5.97 Å². The van der Waals surface area contributed by atoms with E-state index < -0.39 is 0 Å². The molecule has 0 aliphatic carbocycles. The highest BCUT2D eigenvalue weighted by Gasteiger charge is 2.42. The summed E-state index contributed by atoms with van der Waals surface area (Å²) in [6.45, 7) is 7.40. The molecule has 1 heterocycles. The van der Waals surface area contributed by atoms with E-state index in [1.54, 1.807) is 0 Å². The van der Waals surface area contributed by atoms with Crippen LogP contribution in [-0.4, -0.2) is 36.1 Å². The van der Waals surface area contributed by atoms with E-state index in [1.165, 1.54) is 11.1 Å². The molecule has 1 aliphatic rings. The van der Waals surface area contributed by atoms with E-state index in [2.05, 4.69) is 126 Å². The maximum atomic E-state index is 13.3. The van der Waals surface area contributed by atoms with Crippen molar-refractivity contribution in [3.63, 3.8) is 0 Å². The smallest absolute Gasteiger partial charge is 0.323 e. The van der Waals surface area contributed by atoms with Crippen LogP contribution in [0.15, 0.2) is 134 Å². The van der Waals surface area contributed by atoms with Crippen molar-refractivity contribution in [2.75, 3.05) is 13.2 Å². The standard InChI is InChI=1S/C36H38N2O2/c1-3-40-36(39)34-25-32(26-38(34)35(30-20-12-6-13-21-30)31-22-14-7-15-23-31)37-27(2)24-33(28-16-8-4-9-17-28)29-18-10-5-11-19-29/h4-23,32-35,37H,2-3,24-26H2,1H3/t32-,34?/m0/s1. The second-order valence-corrected chi connectivity index (χ2v) is 10.4. The third-order valence-corrected chi connectivity index (χ3v) is 7.72. The predicted octanol–water partition coefficient (Wildman–Crippen LogP) is 7.11. The van der Waals surface area contributed by atoms with Crippen LogP contribution in [-0.2, 0) is 9.53 Å². The van der Waals surface area contributed by atoms with E-state index in [4.69, 9.17) is 4.74 Å². The Labute approximate surface area is 238 Å². The lowest BCUT2D eigenvalue weighted by atomic mass is 9.87. The summed E-state index contributed by atoms with van der Waals surface area (Å²) >= 11 is 0. The van der Waals surface area contributed by atoms with Gasteiger partial charge in [0.25, 0.3) is 0 Å². The number of esters is 1. The van der Waals surface area contributed by atoms with Crippen LogP contribution in [0.5, 0.6) is 0 Å². The van der Waals surface area contributed by atoms with Gasteiger partial charge in [0, 0.05) is 24.2 Å². The molecule has 4 nitrogen and oxygen atoms in total. The number of carbonyl (C=O) groups is 1. The van der Waals surface area contributed by atoms with E-state index in [9.17, 15) is 4.79 Å². The third-order valence-electron chi connectivity index (χ3n) is 7.72. The van der Waals surface area contributed by atoms with Crippen LogP contribution in [0.2, 0.25) is 0 Å². The monoisotopic (exact) mass is 530 g/mol. The Bertz CT molecular complexity index is 1280. The van der Waals surface area contributed by atoms with Gasteiger partial charge in [0.1, 0.15) is 6.04 Å². The molecule has 4 aromatic rings. The Balaban J connectivity index is 1.39. The van der Waals surface area contributed by atoms with Gasteiger partial charge in [-0.2, -0.15) is 0 Å². The number of hydrogen-bond acceptors (Lipinski definition) is 4. The topological polar surface area (TPSA) is 41.6 Å². The molecule has 1 unspecified atom stereocenters. The maximum Gasteiger partial charge on any atom is 0.323 e. The zero-order valence-corrected chi connectivity index (χ0v) is 23.2. The number of hydrogen-bond donors (Lipinski definition) is 1. The number of ether oxygens (including phenoxy) is 1. The molecule has 0 bridgehead atoms. The molecule has 2 atom stereocenters. The van der Waals surface area contributed by atoms with Crippen LogP contribution in [0, 0.1) is 0 Å². The normalized spacial score (nSPS) is 17.2. The van der Waals surface area contributed by atoms with E-state index in [0.717, 1.165) is 23.2 Å². The lowest BCUT2D eigenvalue weighted by molar-refractivity contribution is -0.149. The lowest BCUT2D eigenvalue weighted by Crippen LogP contribution is -2.40. The Kier molecular flexibility index (Phi) is 9.10. The van der Waals surface area contributed by atoms with Gasteiger partial charge in [-0.3, -0.25) is 9.69 Å². The molecule has 1 N–H and O–H groups in total. The molecule has 204 valence electrons. The number of likely N-dealkylation sites (tertiary alicyclic amines) is 1. The fraction of sp³-hybridized carbons (Fsp3) is 0.250.